The Morgan fingerprint density at radius 2 is 1.81 bits per heavy atom. The van der Waals surface area contributed by atoms with E-state index in [0.29, 0.717) is 6.54 Å². The van der Waals surface area contributed by atoms with Gasteiger partial charge in [0, 0.05) is 13.1 Å². The summed E-state index contributed by atoms with van der Waals surface area (Å²) in [5, 5.41) is 2.40. The van der Waals surface area contributed by atoms with Crippen molar-refractivity contribution in [3.63, 3.8) is 0 Å². The Balaban J connectivity index is 2.38. The van der Waals surface area contributed by atoms with Crippen LogP contribution in [0.1, 0.15) is 19.4 Å². The first-order valence-electron chi connectivity index (χ1n) is 9.58. The van der Waals surface area contributed by atoms with E-state index in [2.05, 4.69) is 5.32 Å². The van der Waals surface area contributed by atoms with Crippen molar-refractivity contribution in [2.24, 2.45) is 0 Å². The lowest BCUT2D eigenvalue weighted by molar-refractivity contribution is -0.139. The normalized spacial score (nSPS) is 12.2. The first kappa shape index (κ1) is 24.6. The summed E-state index contributed by atoms with van der Waals surface area (Å²) in [7, 11) is -3.90. The molecule has 2 amide bonds. The predicted molar refractivity (Wildman–Crippen MR) is 119 cm³/mol. The number of carbonyl (C=O) groups excluding carboxylic acids is 2. The molecule has 0 radical (unpaired) electrons. The van der Waals surface area contributed by atoms with Crippen LogP contribution in [0.25, 0.3) is 0 Å². The van der Waals surface area contributed by atoms with E-state index < -0.39 is 34.3 Å². The highest BCUT2D eigenvalue weighted by Gasteiger charge is 2.30. The predicted octanol–water partition coefficient (Wildman–Crippen LogP) is 2.80. The number of hydrogen-bond acceptors (Lipinski definition) is 4. The van der Waals surface area contributed by atoms with Crippen molar-refractivity contribution in [2.45, 2.75) is 26.4 Å². The number of amides is 2. The third-order valence-electron chi connectivity index (χ3n) is 4.58. The lowest BCUT2D eigenvalue weighted by atomic mass is 10.1. The minimum Gasteiger partial charge on any atom is -0.355 e. The summed E-state index contributed by atoms with van der Waals surface area (Å²) >= 11 is 5.80. The molecular weight excluding hydrogens is 445 g/mol. The maximum Gasteiger partial charge on any atom is 0.244 e. The molecule has 0 fully saturated rings. The molecule has 31 heavy (non-hydrogen) atoms. The average Bonchev–Trinajstić information content (AvgIpc) is 2.72. The summed E-state index contributed by atoms with van der Waals surface area (Å²) < 4.78 is 39.2. The molecule has 2 aromatic rings. The molecule has 1 N–H and O–H groups in total. The average molecular weight is 470 g/mol. The smallest absolute Gasteiger partial charge is 0.244 e. The number of rotatable bonds is 9. The van der Waals surface area contributed by atoms with Crippen LogP contribution in [0, 0.1) is 5.82 Å². The number of hydrogen-bond donors (Lipinski definition) is 1. The first-order chi connectivity index (χ1) is 14.5. The van der Waals surface area contributed by atoms with Crippen LogP contribution >= 0.6 is 11.6 Å². The molecule has 1 atom stereocenters. The van der Waals surface area contributed by atoms with Crippen molar-refractivity contribution in [2.75, 3.05) is 23.7 Å². The Morgan fingerprint density at radius 1 is 1.16 bits per heavy atom. The number of likely N-dealkylation sites (N-methyl/N-ethyl adjacent to an activating group) is 1. The van der Waals surface area contributed by atoms with E-state index in [4.69, 9.17) is 11.6 Å². The van der Waals surface area contributed by atoms with Crippen LogP contribution in [0.2, 0.25) is 5.02 Å². The Kier molecular flexibility index (Phi) is 8.41. The summed E-state index contributed by atoms with van der Waals surface area (Å²) in [5.74, 6) is -1.66. The fourth-order valence-electron chi connectivity index (χ4n) is 2.94. The standard InChI is InChI=1S/C21H25ClFN3O4S/c1-4-24-21(28)15(2)25(13-16-8-6-5-7-9-16)20(27)14-26(31(3,29)30)17-10-11-19(23)18(22)12-17/h5-12,15H,4,13-14H2,1-3H3,(H,24,28)/t15-/m1/s1. The molecule has 2 rings (SSSR count). The quantitative estimate of drug-likeness (QED) is 0.611. The molecule has 0 aliphatic heterocycles. The van der Waals surface area contributed by atoms with E-state index in [-0.39, 0.29) is 23.2 Å². The summed E-state index contributed by atoms with van der Waals surface area (Å²) in [4.78, 5) is 26.9. The van der Waals surface area contributed by atoms with E-state index in [0.717, 1.165) is 28.3 Å². The van der Waals surface area contributed by atoms with Gasteiger partial charge in [0.15, 0.2) is 0 Å². The summed E-state index contributed by atoms with van der Waals surface area (Å²) in [6.07, 6.45) is 0.937. The zero-order valence-electron chi connectivity index (χ0n) is 17.5. The van der Waals surface area contributed by atoms with E-state index in [1.54, 1.807) is 38.1 Å². The van der Waals surface area contributed by atoms with Gasteiger partial charge in [0.1, 0.15) is 18.4 Å². The van der Waals surface area contributed by atoms with Gasteiger partial charge in [-0.15, -0.1) is 0 Å². The lowest BCUT2D eigenvalue weighted by Gasteiger charge is -2.31. The number of halogens is 2. The molecule has 2 aromatic carbocycles. The third kappa shape index (κ3) is 6.67. The number of sulfonamides is 1. The van der Waals surface area contributed by atoms with Gasteiger partial charge in [-0.25, -0.2) is 12.8 Å². The maximum atomic E-state index is 13.5. The Labute approximate surface area is 186 Å². The van der Waals surface area contributed by atoms with Crippen molar-refractivity contribution < 1.29 is 22.4 Å². The highest BCUT2D eigenvalue weighted by Crippen LogP contribution is 2.25. The van der Waals surface area contributed by atoms with Crippen LogP contribution < -0.4 is 9.62 Å². The van der Waals surface area contributed by atoms with E-state index in [1.165, 1.54) is 11.0 Å². The second-order valence-corrected chi connectivity index (χ2v) is 9.26. The van der Waals surface area contributed by atoms with Crippen molar-refractivity contribution in [1.82, 2.24) is 10.2 Å². The second-order valence-electron chi connectivity index (χ2n) is 6.95. The molecular formula is C21H25ClFN3O4S. The van der Waals surface area contributed by atoms with Crippen LogP contribution in [0.3, 0.4) is 0 Å². The minimum atomic E-state index is -3.90. The molecule has 0 heterocycles. The number of nitrogens with zero attached hydrogens (tertiary/aromatic N) is 2. The van der Waals surface area contributed by atoms with Gasteiger partial charge in [0.2, 0.25) is 21.8 Å². The van der Waals surface area contributed by atoms with Gasteiger partial charge in [0.25, 0.3) is 0 Å². The molecule has 10 heteroatoms. The molecule has 7 nitrogen and oxygen atoms in total. The highest BCUT2D eigenvalue weighted by atomic mass is 35.5. The van der Waals surface area contributed by atoms with Gasteiger partial charge in [-0.05, 0) is 37.6 Å². The van der Waals surface area contributed by atoms with E-state index in [9.17, 15) is 22.4 Å². The number of benzene rings is 2. The zero-order valence-corrected chi connectivity index (χ0v) is 19.1. The lowest BCUT2D eigenvalue weighted by Crippen LogP contribution is -2.51. The number of carbonyl (C=O) groups is 2. The molecule has 0 bridgehead atoms. The highest BCUT2D eigenvalue weighted by molar-refractivity contribution is 7.92. The molecule has 0 spiro atoms. The summed E-state index contributed by atoms with van der Waals surface area (Å²) in [6.45, 7) is 3.26. The Morgan fingerprint density at radius 3 is 2.35 bits per heavy atom. The van der Waals surface area contributed by atoms with Crippen LogP contribution in [-0.2, 0) is 26.2 Å². The molecule has 0 saturated heterocycles. The molecule has 0 aromatic heterocycles. The Hall–Kier alpha value is -2.65. The van der Waals surface area contributed by atoms with Gasteiger partial charge in [-0.1, -0.05) is 41.9 Å². The largest absolute Gasteiger partial charge is 0.355 e. The molecule has 0 saturated carbocycles. The molecule has 168 valence electrons. The third-order valence-corrected chi connectivity index (χ3v) is 6.01. The number of nitrogens with one attached hydrogen (secondary N) is 1. The second kappa shape index (κ2) is 10.6. The molecule has 0 unspecified atom stereocenters. The van der Waals surface area contributed by atoms with Gasteiger partial charge in [0.05, 0.1) is 17.0 Å². The van der Waals surface area contributed by atoms with Gasteiger partial charge in [-0.2, -0.15) is 0 Å². The van der Waals surface area contributed by atoms with Crippen molar-refractivity contribution in [3.05, 3.63) is 64.9 Å². The summed E-state index contributed by atoms with van der Waals surface area (Å²) in [5.41, 5.74) is 0.829. The van der Waals surface area contributed by atoms with Crippen LogP contribution in [0.5, 0.6) is 0 Å². The van der Waals surface area contributed by atoms with Gasteiger partial charge < -0.3 is 10.2 Å². The van der Waals surface area contributed by atoms with Crippen LogP contribution in [0.4, 0.5) is 10.1 Å². The SMILES string of the molecule is CCNC(=O)[C@@H](C)N(Cc1ccccc1)C(=O)CN(c1ccc(F)c(Cl)c1)S(C)(=O)=O. The van der Waals surface area contributed by atoms with Gasteiger partial charge >= 0.3 is 0 Å². The van der Waals surface area contributed by atoms with Crippen LogP contribution in [-0.4, -0.2) is 50.5 Å². The maximum absolute atomic E-state index is 13.5. The Bertz CT molecular complexity index is 1030. The fourth-order valence-corrected chi connectivity index (χ4v) is 3.95. The van der Waals surface area contributed by atoms with Crippen molar-refractivity contribution in [1.29, 1.82) is 0 Å². The van der Waals surface area contributed by atoms with E-state index in [1.807, 2.05) is 6.07 Å². The van der Waals surface area contributed by atoms with Crippen molar-refractivity contribution in [3.8, 4) is 0 Å². The minimum absolute atomic E-state index is 0.0487. The van der Waals surface area contributed by atoms with Crippen LogP contribution in [0.15, 0.2) is 48.5 Å². The zero-order chi connectivity index (χ0) is 23.2. The molecule has 0 aliphatic rings. The number of anilines is 1. The van der Waals surface area contributed by atoms with Gasteiger partial charge in [-0.3, -0.25) is 13.9 Å². The summed E-state index contributed by atoms with van der Waals surface area (Å²) in [6, 6.07) is 11.6. The molecule has 0 aliphatic carbocycles. The fraction of sp³-hybridized carbons (Fsp3) is 0.333. The first-order valence-corrected chi connectivity index (χ1v) is 11.8. The van der Waals surface area contributed by atoms with E-state index >= 15 is 0 Å². The monoisotopic (exact) mass is 469 g/mol. The van der Waals surface area contributed by atoms with Crippen molar-refractivity contribution >= 4 is 39.1 Å². The topological polar surface area (TPSA) is 86.8 Å².